The molecule has 0 bridgehead atoms. The number of amides is 3. The number of benzene rings is 2. The average molecular weight is 502 g/mol. The van der Waals surface area contributed by atoms with E-state index in [1.54, 1.807) is 42.9 Å². The summed E-state index contributed by atoms with van der Waals surface area (Å²) in [4.78, 5) is 33.9. The number of allylic oxidation sites excluding steroid dienone is 1. The van der Waals surface area contributed by atoms with Gasteiger partial charge in [0.15, 0.2) is 5.17 Å². The SMILES string of the molecule is CC1=C(C(=O)N(C)C)C(c2ccc(NC(=O)Nc3ccc(F)c(Cl)c3)cc2)N2CCCSC2=N1. The van der Waals surface area contributed by atoms with Crippen molar-refractivity contribution in [2.75, 3.05) is 37.0 Å². The highest BCUT2D eigenvalue weighted by molar-refractivity contribution is 8.13. The summed E-state index contributed by atoms with van der Waals surface area (Å²) >= 11 is 7.47. The molecule has 0 radical (unpaired) electrons. The zero-order chi connectivity index (χ0) is 24.4. The maximum absolute atomic E-state index is 13.3. The Morgan fingerprint density at radius 3 is 2.50 bits per heavy atom. The van der Waals surface area contributed by atoms with Gasteiger partial charge in [-0.3, -0.25) is 4.79 Å². The summed E-state index contributed by atoms with van der Waals surface area (Å²) in [7, 11) is 3.48. The van der Waals surface area contributed by atoms with Crippen molar-refractivity contribution in [3.8, 4) is 0 Å². The third-order valence-corrected chi connectivity index (χ3v) is 6.92. The van der Waals surface area contributed by atoms with Gasteiger partial charge in [-0.1, -0.05) is 35.5 Å². The molecule has 3 amide bonds. The Hall–Kier alpha value is -3.04. The van der Waals surface area contributed by atoms with Gasteiger partial charge in [0.25, 0.3) is 5.91 Å². The van der Waals surface area contributed by atoms with Gasteiger partial charge >= 0.3 is 6.03 Å². The smallest absolute Gasteiger partial charge is 0.323 e. The van der Waals surface area contributed by atoms with Gasteiger partial charge in [0.2, 0.25) is 0 Å². The molecule has 2 aliphatic rings. The van der Waals surface area contributed by atoms with Gasteiger partial charge < -0.3 is 20.4 Å². The van der Waals surface area contributed by atoms with Crippen molar-refractivity contribution < 1.29 is 14.0 Å². The largest absolute Gasteiger partial charge is 0.345 e. The third-order valence-electron chi connectivity index (χ3n) is 5.56. The summed E-state index contributed by atoms with van der Waals surface area (Å²) in [5.74, 6) is 0.381. The maximum atomic E-state index is 13.3. The molecule has 10 heteroatoms. The Bertz CT molecular complexity index is 1180. The Labute approximate surface area is 207 Å². The number of hydrogen-bond acceptors (Lipinski definition) is 5. The highest BCUT2D eigenvalue weighted by Crippen LogP contribution is 2.40. The number of urea groups is 1. The summed E-state index contributed by atoms with van der Waals surface area (Å²) < 4.78 is 13.3. The van der Waals surface area contributed by atoms with Crippen molar-refractivity contribution in [1.29, 1.82) is 0 Å². The van der Waals surface area contributed by atoms with E-state index in [1.807, 2.05) is 19.1 Å². The number of aliphatic imine (C=N–C) groups is 1. The van der Waals surface area contributed by atoms with Crippen molar-refractivity contribution in [2.45, 2.75) is 19.4 Å². The number of fused-ring (bicyclic) bond motifs is 1. The normalized spacial score (nSPS) is 17.6. The van der Waals surface area contributed by atoms with Gasteiger partial charge in [-0.25, -0.2) is 14.2 Å². The zero-order valence-electron chi connectivity index (χ0n) is 19.1. The Kier molecular flexibility index (Phi) is 7.13. The number of amidine groups is 1. The molecule has 2 N–H and O–H groups in total. The van der Waals surface area contributed by atoms with Crippen molar-refractivity contribution in [3.63, 3.8) is 0 Å². The minimum Gasteiger partial charge on any atom is -0.345 e. The van der Waals surface area contributed by atoms with E-state index in [-0.39, 0.29) is 17.0 Å². The number of hydrogen-bond donors (Lipinski definition) is 2. The van der Waals surface area contributed by atoms with Crippen LogP contribution < -0.4 is 10.6 Å². The molecule has 2 heterocycles. The van der Waals surface area contributed by atoms with Crippen LogP contribution in [0.5, 0.6) is 0 Å². The quantitative estimate of drug-likeness (QED) is 0.593. The van der Waals surface area contributed by atoms with Gasteiger partial charge in [0.05, 0.1) is 22.3 Å². The molecule has 1 saturated heterocycles. The molecule has 178 valence electrons. The maximum Gasteiger partial charge on any atom is 0.323 e. The zero-order valence-corrected chi connectivity index (χ0v) is 20.6. The molecular formula is C24H25ClFN5O2S. The van der Waals surface area contributed by atoms with Gasteiger partial charge in [-0.15, -0.1) is 0 Å². The van der Waals surface area contributed by atoms with Gasteiger partial charge in [-0.2, -0.15) is 0 Å². The van der Waals surface area contributed by atoms with Crippen LogP contribution in [-0.2, 0) is 4.79 Å². The fourth-order valence-corrected chi connectivity index (χ4v) is 5.15. The Morgan fingerprint density at radius 1 is 1.15 bits per heavy atom. The molecule has 2 aliphatic heterocycles. The van der Waals surface area contributed by atoms with Crippen LogP contribution in [0.1, 0.15) is 24.9 Å². The highest BCUT2D eigenvalue weighted by Gasteiger charge is 2.37. The van der Waals surface area contributed by atoms with E-state index < -0.39 is 11.8 Å². The lowest BCUT2D eigenvalue weighted by molar-refractivity contribution is -0.125. The monoisotopic (exact) mass is 501 g/mol. The van der Waals surface area contributed by atoms with Crippen molar-refractivity contribution in [1.82, 2.24) is 9.80 Å². The topological polar surface area (TPSA) is 77.0 Å². The van der Waals surface area contributed by atoms with Crippen molar-refractivity contribution in [3.05, 3.63) is 70.1 Å². The lowest BCUT2D eigenvalue weighted by atomic mass is 9.93. The lowest BCUT2D eigenvalue weighted by Gasteiger charge is -2.41. The number of nitrogens with one attached hydrogen (secondary N) is 2. The molecule has 0 aliphatic carbocycles. The second kappa shape index (κ2) is 10.1. The van der Waals surface area contributed by atoms with Crippen molar-refractivity contribution in [2.24, 2.45) is 4.99 Å². The molecule has 1 unspecified atom stereocenters. The number of anilines is 2. The van der Waals surface area contributed by atoms with E-state index in [1.165, 1.54) is 18.2 Å². The molecule has 4 rings (SSSR count). The first-order valence-electron chi connectivity index (χ1n) is 10.8. The number of rotatable bonds is 4. The summed E-state index contributed by atoms with van der Waals surface area (Å²) in [6.45, 7) is 2.70. The highest BCUT2D eigenvalue weighted by atomic mass is 35.5. The average Bonchev–Trinajstić information content (AvgIpc) is 2.80. The molecule has 0 aromatic heterocycles. The van der Waals surface area contributed by atoms with E-state index >= 15 is 0 Å². The van der Waals surface area contributed by atoms with E-state index in [0.717, 1.165) is 35.1 Å². The number of halogens is 2. The second-order valence-electron chi connectivity index (χ2n) is 8.22. The van der Waals surface area contributed by atoms with Crippen LogP contribution >= 0.6 is 23.4 Å². The first kappa shape index (κ1) is 24.1. The molecule has 2 aromatic carbocycles. The predicted octanol–water partition coefficient (Wildman–Crippen LogP) is 5.33. The van der Waals surface area contributed by atoms with Crippen LogP contribution in [0.15, 0.2) is 58.7 Å². The van der Waals surface area contributed by atoms with Crippen LogP contribution in [0.2, 0.25) is 5.02 Å². The number of carbonyl (C=O) groups excluding carboxylic acids is 2. The summed E-state index contributed by atoms with van der Waals surface area (Å²) in [6.07, 6.45) is 1.01. The van der Waals surface area contributed by atoms with Gasteiger partial charge in [0, 0.05) is 37.8 Å². The van der Waals surface area contributed by atoms with Crippen LogP contribution in [0.4, 0.5) is 20.6 Å². The molecule has 34 heavy (non-hydrogen) atoms. The summed E-state index contributed by atoms with van der Waals surface area (Å²) in [5, 5.41) is 6.25. The van der Waals surface area contributed by atoms with E-state index in [9.17, 15) is 14.0 Å². The first-order valence-corrected chi connectivity index (χ1v) is 12.1. The summed E-state index contributed by atoms with van der Waals surface area (Å²) in [5.41, 5.74) is 3.28. The molecule has 0 saturated carbocycles. The molecular weight excluding hydrogens is 477 g/mol. The fourth-order valence-electron chi connectivity index (χ4n) is 3.95. The number of nitrogens with zero attached hydrogens (tertiary/aromatic N) is 3. The molecule has 1 fully saturated rings. The third kappa shape index (κ3) is 5.05. The minimum atomic E-state index is -0.553. The lowest BCUT2D eigenvalue weighted by Crippen LogP contribution is -2.43. The standard InChI is InChI=1S/C24H25ClFN5O2S/c1-14-20(22(32)30(2)3)21(31-11-4-12-34-24(31)27-14)15-5-7-16(8-6-15)28-23(33)29-17-9-10-19(26)18(25)13-17/h5-10,13,21H,4,11-12H2,1-3H3,(H2,28,29,33). The van der Waals surface area contributed by atoms with Gasteiger partial charge in [-0.05, 0) is 49.2 Å². The van der Waals surface area contributed by atoms with E-state index in [4.69, 9.17) is 16.6 Å². The molecule has 1 atom stereocenters. The Balaban J connectivity index is 1.55. The first-order chi connectivity index (χ1) is 16.2. The Morgan fingerprint density at radius 2 is 1.82 bits per heavy atom. The molecule has 2 aromatic rings. The van der Waals surface area contributed by atoms with Crippen LogP contribution in [0.3, 0.4) is 0 Å². The van der Waals surface area contributed by atoms with Crippen molar-refractivity contribution >= 4 is 51.8 Å². The number of likely N-dealkylation sites (N-methyl/N-ethyl adjacent to an activating group) is 1. The number of carbonyl (C=O) groups is 2. The molecule has 0 spiro atoms. The van der Waals surface area contributed by atoms with E-state index in [2.05, 4.69) is 15.5 Å². The predicted molar refractivity (Wildman–Crippen MR) is 136 cm³/mol. The van der Waals surface area contributed by atoms with Crippen LogP contribution in [-0.4, -0.2) is 53.3 Å². The summed E-state index contributed by atoms with van der Waals surface area (Å²) in [6, 6.07) is 10.6. The fraction of sp³-hybridized carbons (Fsp3) is 0.292. The minimum absolute atomic E-state index is 0.0691. The second-order valence-corrected chi connectivity index (χ2v) is 9.69. The van der Waals surface area contributed by atoms with E-state index in [0.29, 0.717) is 16.9 Å². The number of thioether (sulfide) groups is 1. The van der Waals surface area contributed by atoms with Crippen LogP contribution in [0, 0.1) is 5.82 Å². The van der Waals surface area contributed by atoms with Gasteiger partial charge in [0.1, 0.15) is 5.82 Å². The molecule has 7 nitrogen and oxygen atoms in total. The van der Waals surface area contributed by atoms with Crippen LogP contribution in [0.25, 0.3) is 0 Å².